The van der Waals surface area contributed by atoms with Crippen LogP contribution in [0.5, 0.6) is 0 Å². The van der Waals surface area contributed by atoms with Gasteiger partial charge in [-0.3, -0.25) is 9.78 Å². The molecule has 0 N–H and O–H groups in total. The van der Waals surface area contributed by atoms with Crippen LogP contribution in [0, 0.1) is 0 Å². The van der Waals surface area contributed by atoms with E-state index in [0.717, 1.165) is 29.2 Å². The van der Waals surface area contributed by atoms with Crippen molar-refractivity contribution < 1.29 is 9.21 Å². The third kappa shape index (κ3) is 3.68. The van der Waals surface area contributed by atoms with E-state index < -0.39 is 0 Å². The number of nitrogens with zero attached hydrogens (tertiary/aromatic N) is 4. The third-order valence-corrected chi connectivity index (χ3v) is 5.71. The number of benzene rings is 2. The van der Waals surface area contributed by atoms with Crippen molar-refractivity contribution in [2.24, 2.45) is 0 Å². The van der Waals surface area contributed by atoms with Crippen LogP contribution in [-0.4, -0.2) is 39.1 Å². The van der Waals surface area contributed by atoms with Crippen molar-refractivity contribution in [1.29, 1.82) is 0 Å². The number of fused-ring (bicyclic) bond motifs is 1. The zero-order valence-electron chi connectivity index (χ0n) is 16.6. The zero-order valence-corrected chi connectivity index (χ0v) is 16.6. The van der Waals surface area contributed by atoms with Gasteiger partial charge in [0.25, 0.3) is 5.89 Å². The molecular weight excluding hydrogens is 376 g/mol. The molecule has 5 rings (SSSR count). The SMILES string of the molecule is O=C(Cc1ccccc1)N1CCC(c2nnc(-c3nccc4ccccc34)o2)CC1. The predicted octanol–water partition coefficient (Wildman–Crippen LogP) is 4.23. The lowest BCUT2D eigenvalue weighted by atomic mass is 9.96. The molecule has 0 atom stereocenters. The number of hydrogen-bond donors (Lipinski definition) is 0. The average molecular weight is 398 g/mol. The van der Waals surface area contributed by atoms with Gasteiger partial charge in [0.05, 0.1) is 6.42 Å². The van der Waals surface area contributed by atoms with E-state index in [0.29, 0.717) is 37.0 Å². The van der Waals surface area contributed by atoms with Crippen LogP contribution < -0.4 is 0 Å². The molecule has 2 aromatic carbocycles. The Hall–Kier alpha value is -3.54. The summed E-state index contributed by atoms with van der Waals surface area (Å²) in [6.45, 7) is 1.42. The van der Waals surface area contributed by atoms with Crippen LogP contribution in [0.15, 0.2) is 71.3 Å². The van der Waals surface area contributed by atoms with Gasteiger partial charge in [0.1, 0.15) is 5.69 Å². The van der Waals surface area contributed by atoms with Gasteiger partial charge < -0.3 is 9.32 Å². The molecule has 4 aromatic rings. The van der Waals surface area contributed by atoms with Crippen molar-refractivity contribution in [2.45, 2.75) is 25.2 Å². The fourth-order valence-electron chi connectivity index (χ4n) is 4.04. The van der Waals surface area contributed by atoms with Crippen LogP contribution in [0.1, 0.15) is 30.2 Å². The second-order valence-corrected chi connectivity index (χ2v) is 7.64. The van der Waals surface area contributed by atoms with Gasteiger partial charge >= 0.3 is 0 Å². The van der Waals surface area contributed by atoms with Gasteiger partial charge in [0.2, 0.25) is 11.8 Å². The zero-order chi connectivity index (χ0) is 20.3. The van der Waals surface area contributed by atoms with Crippen molar-refractivity contribution in [3.63, 3.8) is 0 Å². The van der Waals surface area contributed by atoms with Gasteiger partial charge in [0.15, 0.2) is 0 Å². The quantitative estimate of drug-likeness (QED) is 0.514. The maximum atomic E-state index is 12.6. The lowest BCUT2D eigenvalue weighted by Crippen LogP contribution is -2.38. The lowest BCUT2D eigenvalue weighted by molar-refractivity contribution is -0.131. The maximum Gasteiger partial charge on any atom is 0.266 e. The van der Waals surface area contributed by atoms with E-state index in [4.69, 9.17) is 4.42 Å². The van der Waals surface area contributed by atoms with E-state index in [1.165, 1.54) is 0 Å². The summed E-state index contributed by atoms with van der Waals surface area (Å²) in [4.78, 5) is 19.0. The normalized spacial score (nSPS) is 14.9. The van der Waals surface area contributed by atoms with E-state index in [1.54, 1.807) is 6.20 Å². The topological polar surface area (TPSA) is 72.1 Å². The standard InChI is InChI=1S/C24H22N4O2/c29-21(16-17-6-2-1-3-7-17)28-14-11-19(12-15-28)23-26-27-24(30-23)22-20-9-5-4-8-18(20)10-13-25-22/h1-10,13,19H,11-12,14-16H2. The number of piperidine rings is 1. The Morgan fingerprint density at radius 2 is 1.73 bits per heavy atom. The number of carbonyl (C=O) groups is 1. The van der Waals surface area contributed by atoms with Gasteiger partial charge in [-0.25, -0.2) is 0 Å². The molecule has 0 aliphatic carbocycles. The highest BCUT2D eigenvalue weighted by atomic mass is 16.4. The van der Waals surface area contributed by atoms with Crippen LogP contribution in [0.25, 0.3) is 22.4 Å². The molecule has 1 aliphatic heterocycles. The number of hydrogen-bond acceptors (Lipinski definition) is 5. The average Bonchev–Trinajstić information content (AvgIpc) is 3.29. The molecule has 1 fully saturated rings. The highest BCUT2D eigenvalue weighted by molar-refractivity contribution is 5.92. The van der Waals surface area contributed by atoms with Crippen molar-refractivity contribution in [3.05, 3.63) is 78.3 Å². The molecule has 0 bridgehead atoms. The second kappa shape index (κ2) is 8.06. The number of pyridine rings is 1. The van der Waals surface area contributed by atoms with E-state index in [2.05, 4.69) is 15.2 Å². The first-order chi connectivity index (χ1) is 14.8. The highest BCUT2D eigenvalue weighted by Crippen LogP contribution is 2.31. The molecular formula is C24H22N4O2. The summed E-state index contributed by atoms with van der Waals surface area (Å²) < 4.78 is 6.02. The summed E-state index contributed by atoms with van der Waals surface area (Å²) >= 11 is 0. The monoisotopic (exact) mass is 398 g/mol. The van der Waals surface area contributed by atoms with Gasteiger partial charge in [-0.1, -0.05) is 54.6 Å². The molecule has 6 heteroatoms. The van der Waals surface area contributed by atoms with Crippen LogP contribution in [-0.2, 0) is 11.2 Å². The smallest absolute Gasteiger partial charge is 0.266 e. The Morgan fingerprint density at radius 1 is 0.967 bits per heavy atom. The molecule has 0 spiro atoms. The molecule has 2 aromatic heterocycles. The minimum atomic E-state index is 0.169. The summed E-state index contributed by atoms with van der Waals surface area (Å²) in [7, 11) is 0. The van der Waals surface area contributed by atoms with E-state index in [1.807, 2.05) is 65.6 Å². The molecule has 6 nitrogen and oxygen atoms in total. The van der Waals surface area contributed by atoms with Crippen molar-refractivity contribution in [3.8, 4) is 11.6 Å². The van der Waals surface area contributed by atoms with Crippen LogP contribution >= 0.6 is 0 Å². The van der Waals surface area contributed by atoms with E-state index in [9.17, 15) is 4.79 Å². The molecule has 0 saturated carbocycles. The molecule has 0 unspecified atom stereocenters. The van der Waals surface area contributed by atoms with Crippen LogP contribution in [0.2, 0.25) is 0 Å². The Morgan fingerprint density at radius 3 is 2.57 bits per heavy atom. The van der Waals surface area contributed by atoms with Gasteiger partial charge in [-0.05, 0) is 29.9 Å². The van der Waals surface area contributed by atoms with Crippen LogP contribution in [0.4, 0.5) is 0 Å². The second-order valence-electron chi connectivity index (χ2n) is 7.64. The largest absolute Gasteiger partial charge is 0.419 e. The van der Waals surface area contributed by atoms with Crippen molar-refractivity contribution in [1.82, 2.24) is 20.1 Å². The molecule has 0 radical (unpaired) electrons. The van der Waals surface area contributed by atoms with Crippen molar-refractivity contribution in [2.75, 3.05) is 13.1 Å². The molecule has 3 heterocycles. The third-order valence-electron chi connectivity index (χ3n) is 5.71. The summed E-state index contributed by atoms with van der Waals surface area (Å²) in [6.07, 6.45) is 3.86. The highest BCUT2D eigenvalue weighted by Gasteiger charge is 2.27. The minimum Gasteiger partial charge on any atom is -0.419 e. The summed E-state index contributed by atoms with van der Waals surface area (Å²) in [5.41, 5.74) is 1.76. The van der Waals surface area contributed by atoms with Gasteiger partial charge in [-0.2, -0.15) is 0 Å². The minimum absolute atomic E-state index is 0.169. The predicted molar refractivity (Wildman–Crippen MR) is 114 cm³/mol. The summed E-state index contributed by atoms with van der Waals surface area (Å²) in [5.74, 6) is 1.42. The molecule has 1 amide bonds. The lowest BCUT2D eigenvalue weighted by Gasteiger charge is -2.30. The van der Waals surface area contributed by atoms with Crippen LogP contribution in [0.3, 0.4) is 0 Å². The fourth-order valence-corrected chi connectivity index (χ4v) is 4.04. The first kappa shape index (κ1) is 18.5. The Kier molecular flexibility index (Phi) is 4.97. The summed E-state index contributed by atoms with van der Waals surface area (Å²) in [6, 6.07) is 19.9. The van der Waals surface area contributed by atoms with Gasteiger partial charge in [-0.15, -0.1) is 10.2 Å². The van der Waals surface area contributed by atoms with Gasteiger partial charge in [0, 0.05) is 30.6 Å². The Labute approximate surface area is 174 Å². The number of amides is 1. The number of carbonyl (C=O) groups excluding carboxylic acids is 1. The van der Waals surface area contributed by atoms with Crippen molar-refractivity contribution >= 4 is 16.7 Å². The first-order valence-corrected chi connectivity index (χ1v) is 10.3. The first-order valence-electron chi connectivity index (χ1n) is 10.3. The number of likely N-dealkylation sites (tertiary alicyclic amines) is 1. The van der Waals surface area contributed by atoms with E-state index >= 15 is 0 Å². The molecule has 1 aliphatic rings. The molecule has 1 saturated heterocycles. The summed E-state index contributed by atoms with van der Waals surface area (Å²) in [5, 5.41) is 10.6. The fraction of sp³-hybridized carbons (Fsp3) is 0.250. The number of aromatic nitrogens is 3. The molecule has 150 valence electrons. The molecule has 30 heavy (non-hydrogen) atoms. The maximum absolute atomic E-state index is 12.6. The van der Waals surface area contributed by atoms with E-state index in [-0.39, 0.29) is 11.8 Å². The Balaban J connectivity index is 1.26. The number of rotatable bonds is 4. The Bertz CT molecular complexity index is 1160.